The van der Waals surface area contributed by atoms with E-state index in [-0.39, 0.29) is 29.6 Å². The molecule has 6 atom stereocenters. The Labute approximate surface area is 264 Å². The van der Waals surface area contributed by atoms with Crippen LogP contribution in [0.4, 0.5) is 0 Å². The first-order valence-electron chi connectivity index (χ1n) is 15.5. The highest BCUT2D eigenvalue weighted by Crippen LogP contribution is 2.46. The second-order valence-electron chi connectivity index (χ2n) is 12.8. The number of hydrogen-bond donors (Lipinski definition) is 0. The fourth-order valence-corrected chi connectivity index (χ4v) is 7.70. The van der Waals surface area contributed by atoms with E-state index in [0.29, 0.717) is 32.2 Å². The fraction of sp³-hybridized carbons (Fsp3) is 0.368. The molecule has 2 aliphatic heterocycles. The molecule has 0 saturated carbocycles. The molecule has 2 aliphatic rings. The first-order chi connectivity index (χ1) is 21.4. The van der Waals surface area contributed by atoms with Gasteiger partial charge in [-0.2, -0.15) is 0 Å². The largest absolute Gasteiger partial charge is 0.374 e. The van der Waals surface area contributed by atoms with Gasteiger partial charge in [-0.15, -0.1) is 0 Å². The highest BCUT2D eigenvalue weighted by Gasteiger charge is 2.51. The van der Waals surface area contributed by atoms with Crippen LogP contribution in [0, 0.1) is 5.92 Å². The Morgan fingerprint density at radius 1 is 0.727 bits per heavy atom. The minimum Gasteiger partial charge on any atom is -0.374 e. The number of ether oxygens (including phenoxy) is 4. The molecule has 0 amide bonds. The normalized spacial score (nSPS) is 24.8. The fourth-order valence-electron chi connectivity index (χ4n) is 6.14. The highest BCUT2D eigenvalue weighted by molar-refractivity contribution is 7.85. The molecule has 0 radical (unpaired) electrons. The predicted octanol–water partition coefficient (Wildman–Crippen LogP) is 7.55. The summed E-state index contributed by atoms with van der Waals surface area (Å²) in [7, 11) is -1.18. The summed E-state index contributed by atoms with van der Waals surface area (Å²) in [6.45, 7) is 8.28. The van der Waals surface area contributed by atoms with Crippen LogP contribution < -0.4 is 0 Å². The Kier molecular flexibility index (Phi) is 9.74. The molecule has 0 unspecified atom stereocenters. The van der Waals surface area contributed by atoms with Gasteiger partial charge < -0.3 is 18.9 Å². The molecule has 0 N–H and O–H groups in total. The molecule has 0 bridgehead atoms. The van der Waals surface area contributed by atoms with Crippen molar-refractivity contribution in [1.29, 1.82) is 0 Å². The van der Waals surface area contributed by atoms with Crippen LogP contribution in [-0.2, 0) is 55.0 Å². The highest BCUT2D eigenvalue weighted by atomic mass is 32.2. The molecule has 0 aliphatic carbocycles. The Balaban J connectivity index is 1.35. The third-order valence-electron chi connectivity index (χ3n) is 8.56. The number of hydrogen-bond acceptors (Lipinski definition) is 5. The molecule has 6 heteroatoms. The van der Waals surface area contributed by atoms with Crippen LogP contribution >= 0.6 is 0 Å². The van der Waals surface area contributed by atoms with Crippen LogP contribution in [0.5, 0.6) is 0 Å². The van der Waals surface area contributed by atoms with Gasteiger partial charge in [-0.1, -0.05) is 124 Å². The minimum absolute atomic E-state index is 0.0547. The molecule has 4 aromatic carbocycles. The molecule has 44 heavy (non-hydrogen) atoms. The summed E-state index contributed by atoms with van der Waals surface area (Å²) in [5.74, 6) is 0.308. The van der Waals surface area contributed by atoms with E-state index in [9.17, 15) is 4.21 Å². The lowest BCUT2D eigenvalue weighted by Crippen LogP contribution is -2.57. The second kappa shape index (κ2) is 13.9. The van der Waals surface area contributed by atoms with Gasteiger partial charge in [0.2, 0.25) is 0 Å². The Hall–Kier alpha value is -3.13. The van der Waals surface area contributed by atoms with Gasteiger partial charge in [0.1, 0.15) is 12.2 Å². The van der Waals surface area contributed by atoms with Crippen molar-refractivity contribution in [3.63, 3.8) is 0 Å². The Bertz CT molecular complexity index is 1520. The molecule has 1 saturated heterocycles. The molecular weight excluding hydrogens is 568 g/mol. The lowest BCUT2D eigenvalue weighted by atomic mass is 9.81. The SMILES string of the molecule is CC(C)(C)c1ccc2c(c1)[C@H]1O[C@H](COCc3ccccc3)[C@@H](OCc3ccccc3)[C@H](OCc3ccccc3)[C@H]1C[S@]2=O. The van der Waals surface area contributed by atoms with Crippen LogP contribution in [0.2, 0.25) is 0 Å². The standard InChI is InChI=1S/C38H42O5S/c1-38(2,3)30-19-20-34-31(21-30)35-32(26-44(34)39)36(41-23-28-15-9-5-10-16-28)37(42-24-29-17-11-6-12-18-29)33(43-35)25-40-22-27-13-7-4-8-14-27/h4-21,32-33,35-37H,22-26H2,1-3H3/t32-,33+,35+,36+,37+,44+/m0/s1. The Morgan fingerprint density at radius 2 is 1.27 bits per heavy atom. The summed E-state index contributed by atoms with van der Waals surface area (Å²) in [5, 5.41) is 0. The van der Waals surface area contributed by atoms with E-state index in [0.717, 1.165) is 27.1 Å². The zero-order chi connectivity index (χ0) is 30.5. The van der Waals surface area contributed by atoms with Crippen molar-refractivity contribution in [1.82, 2.24) is 0 Å². The van der Waals surface area contributed by atoms with Crippen molar-refractivity contribution in [2.75, 3.05) is 12.4 Å². The molecule has 5 nitrogen and oxygen atoms in total. The average molecular weight is 611 g/mol. The van der Waals surface area contributed by atoms with Gasteiger partial charge in [0.05, 0.1) is 49.4 Å². The second-order valence-corrected chi connectivity index (χ2v) is 14.3. The van der Waals surface area contributed by atoms with Crippen molar-refractivity contribution in [2.24, 2.45) is 5.92 Å². The number of fused-ring (bicyclic) bond motifs is 3. The topological polar surface area (TPSA) is 54.0 Å². The van der Waals surface area contributed by atoms with Crippen LogP contribution in [0.15, 0.2) is 114 Å². The van der Waals surface area contributed by atoms with Crippen LogP contribution in [0.25, 0.3) is 0 Å². The van der Waals surface area contributed by atoms with E-state index in [2.05, 4.69) is 69.3 Å². The lowest BCUT2D eigenvalue weighted by molar-refractivity contribution is -0.244. The third-order valence-corrected chi connectivity index (χ3v) is 10.1. The zero-order valence-electron chi connectivity index (χ0n) is 25.8. The maximum absolute atomic E-state index is 13.8. The first-order valence-corrected chi connectivity index (χ1v) is 16.8. The quantitative estimate of drug-likeness (QED) is 0.186. The lowest BCUT2D eigenvalue weighted by Gasteiger charge is -2.48. The van der Waals surface area contributed by atoms with Crippen LogP contribution in [-0.4, -0.2) is 34.9 Å². The van der Waals surface area contributed by atoms with E-state index in [4.69, 9.17) is 18.9 Å². The van der Waals surface area contributed by atoms with Crippen LogP contribution in [0.1, 0.15) is 54.7 Å². The maximum Gasteiger partial charge on any atom is 0.113 e. The van der Waals surface area contributed by atoms with Crippen molar-refractivity contribution in [2.45, 2.75) is 75.3 Å². The van der Waals surface area contributed by atoms with Gasteiger partial charge in [0.25, 0.3) is 0 Å². The van der Waals surface area contributed by atoms with Gasteiger partial charge in [-0.25, -0.2) is 0 Å². The molecule has 0 spiro atoms. The third kappa shape index (κ3) is 7.22. The van der Waals surface area contributed by atoms with E-state index < -0.39 is 16.9 Å². The molecular formula is C38H42O5S. The van der Waals surface area contributed by atoms with Gasteiger partial charge in [-0.05, 0) is 39.3 Å². The van der Waals surface area contributed by atoms with Gasteiger partial charge in [-0.3, -0.25) is 4.21 Å². The van der Waals surface area contributed by atoms with Crippen molar-refractivity contribution in [3.8, 4) is 0 Å². The minimum atomic E-state index is -1.18. The maximum atomic E-state index is 13.8. The van der Waals surface area contributed by atoms with Crippen molar-refractivity contribution < 1.29 is 23.2 Å². The smallest absolute Gasteiger partial charge is 0.113 e. The summed E-state index contributed by atoms with van der Waals surface area (Å²) >= 11 is 0. The van der Waals surface area contributed by atoms with Crippen molar-refractivity contribution in [3.05, 3.63) is 137 Å². The Morgan fingerprint density at radius 3 is 1.84 bits per heavy atom. The zero-order valence-corrected chi connectivity index (χ0v) is 26.6. The van der Waals surface area contributed by atoms with E-state index in [1.54, 1.807) is 0 Å². The first kappa shape index (κ1) is 30.9. The summed E-state index contributed by atoms with van der Waals surface area (Å²) in [6.07, 6.45) is -1.44. The van der Waals surface area contributed by atoms with Crippen LogP contribution in [0.3, 0.4) is 0 Å². The molecule has 0 aromatic heterocycles. The number of benzene rings is 4. The van der Waals surface area contributed by atoms with E-state index in [1.165, 1.54) is 5.56 Å². The van der Waals surface area contributed by atoms with Crippen molar-refractivity contribution >= 4 is 10.8 Å². The summed E-state index contributed by atoms with van der Waals surface area (Å²) in [4.78, 5) is 0.855. The average Bonchev–Trinajstić information content (AvgIpc) is 3.04. The van der Waals surface area contributed by atoms with E-state index >= 15 is 0 Å². The van der Waals surface area contributed by atoms with E-state index in [1.807, 2.05) is 60.7 Å². The molecule has 6 rings (SSSR count). The van der Waals surface area contributed by atoms with Gasteiger partial charge in [0.15, 0.2) is 0 Å². The molecule has 4 aromatic rings. The summed E-state index contributed by atoms with van der Waals surface area (Å²) in [6, 6.07) is 36.9. The number of rotatable bonds is 10. The molecule has 230 valence electrons. The summed E-state index contributed by atoms with van der Waals surface area (Å²) < 4.78 is 40.5. The van der Waals surface area contributed by atoms with Gasteiger partial charge in [0, 0.05) is 16.6 Å². The monoisotopic (exact) mass is 610 g/mol. The summed E-state index contributed by atoms with van der Waals surface area (Å²) in [5.41, 5.74) is 5.40. The predicted molar refractivity (Wildman–Crippen MR) is 174 cm³/mol. The van der Waals surface area contributed by atoms with Gasteiger partial charge >= 0.3 is 0 Å². The molecule has 1 fully saturated rings. The molecule has 2 heterocycles.